The molecule has 0 aromatic heterocycles. The van der Waals surface area contributed by atoms with Crippen molar-refractivity contribution < 1.29 is 4.74 Å². The molecule has 0 fully saturated rings. The van der Waals surface area contributed by atoms with E-state index in [0.717, 1.165) is 49.8 Å². The molecule has 0 amide bonds. The molecular formula is C19H19BrClNO. The lowest BCUT2D eigenvalue weighted by atomic mass is 10.0. The van der Waals surface area contributed by atoms with Gasteiger partial charge in [-0.3, -0.25) is 0 Å². The Morgan fingerprint density at radius 1 is 1.00 bits per heavy atom. The number of hydrogen-bond donors (Lipinski definition) is 0. The molecule has 23 heavy (non-hydrogen) atoms. The molecule has 0 bridgehead atoms. The van der Waals surface area contributed by atoms with Crippen molar-refractivity contribution in [2.24, 2.45) is 0 Å². The van der Waals surface area contributed by atoms with E-state index in [9.17, 15) is 0 Å². The van der Waals surface area contributed by atoms with Gasteiger partial charge in [-0.15, -0.1) is 0 Å². The lowest BCUT2D eigenvalue weighted by molar-refractivity contribution is 0.286. The Balaban J connectivity index is 2.07. The van der Waals surface area contributed by atoms with Crippen molar-refractivity contribution in [1.82, 2.24) is 4.90 Å². The summed E-state index contributed by atoms with van der Waals surface area (Å²) in [6, 6.07) is 14.4. The van der Waals surface area contributed by atoms with E-state index >= 15 is 0 Å². The van der Waals surface area contributed by atoms with Gasteiger partial charge in [0.1, 0.15) is 5.75 Å². The molecule has 0 saturated carbocycles. The molecule has 2 nitrogen and oxygen atoms in total. The van der Waals surface area contributed by atoms with Crippen LogP contribution in [0.25, 0.3) is 21.5 Å². The number of nitrogens with zero attached hydrogens (tertiary/aromatic N) is 1. The van der Waals surface area contributed by atoms with E-state index in [-0.39, 0.29) is 0 Å². The van der Waals surface area contributed by atoms with Crippen molar-refractivity contribution in [1.29, 1.82) is 0 Å². The van der Waals surface area contributed by atoms with Gasteiger partial charge in [0, 0.05) is 26.8 Å². The number of hydrogen-bond acceptors (Lipinski definition) is 2. The summed E-state index contributed by atoms with van der Waals surface area (Å²) in [5.41, 5.74) is 0. The fraction of sp³-hybridized carbons (Fsp3) is 0.263. The molecule has 0 heterocycles. The quantitative estimate of drug-likeness (QED) is 0.405. The first kappa shape index (κ1) is 16.6. The van der Waals surface area contributed by atoms with Crippen LogP contribution in [0, 0.1) is 0 Å². The van der Waals surface area contributed by atoms with Crippen molar-refractivity contribution in [2.75, 3.05) is 27.2 Å². The molecule has 0 unspecified atom stereocenters. The summed E-state index contributed by atoms with van der Waals surface area (Å²) >= 11 is 9.75. The van der Waals surface area contributed by atoms with E-state index in [4.69, 9.17) is 16.3 Å². The van der Waals surface area contributed by atoms with Gasteiger partial charge in [0.05, 0.1) is 6.61 Å². The third kappa shape index (κ3) is 3.79. The fourth-order valence-corrected chi connectivity index (χ4v) is 3.28. The summed E-state index contributed by atoms with van der Waals surface area (Å²) in [6.45, 7) is 1.70. The second-order valence-electron chi connectivity index (χ2n) is 5.94. The maximum Gasteiger partial charge on any atom is 0.134 e. The van der Waals surface area contributed by atoms with Crippen LogP contribution in [0.5, 0.6) is 5.75 Å². The van der Waals surface area contributed by atoms with Crippen LogP contribution in [0.3, 0.4) is 0 Å². The van der Waals surface area contributed by atoms with Gasteiger partial charge in [0.25, 0.3) is 0 Å². The highest BCUT2D eigenvalue weighted by atomic mass is 79.9. The van der Waals surface area contributed by atoms with E-state index in [0.29, 0.717) is 6.61 Å². The fourth-order valence-electron chi connectivity index (χ4n) is 2.73. The first-order valence-corrected chi connectivity index (χ1v) is 8.81. The van der Waals surface area contributed by atoms with E-state index in [1.54, 1.807) is 0 Å². The first-order valence-electron chi connectivity index (χ1n) is 7.63. The van der Waals surface area contributed by atoms with E-state index in [2.05, 4.69) is 53.1 Å². The van der Waals surface area contributed by atoms with Crippen LogP contribution in [0.4, 0.5) is 0 Å². The number of rotatable bonds is 5. The molecule has 0 aliphatic rings. The molecule has 0 aliphatic carbocycles. The van der Waals surface area contributed by atoms with E-state index in [1.807, 2.05) is 24.3 Å². The molecule has 0 aliphatic heterocycles. The molecule has 3 aromatic carbocycles. The van der Waals surface area contributed by atoms with Crippen LogP contribution < -0.4 is 4.74 Å². The third-order valence-electron chi connectivity index (χ3n) is 3.83. The number of benzene rings is 3. The molecule has 0 spiro atoms. The van der Waals surface area contributed by atoms with Crippen LogP contribution in [0.1, 0.15) is 6.42 Å². The van der Waals surface area contributed by atoms with E-state index < -0.39 is 0 Å². The van der Waals surface area contributed by atoms with Crippen LogP contribution in [0.15, 0.2) is 46.9 Å². The molecule has 0 saturated heterocycles. The highest BCUT2D eigenvalue weighted by molar-refractivity contribution is 9.10. The standard InChI is InChI=1S/C19H19BrClNO/c1-22(2)8-3-9-23-19-17-7-5-15(20)11-14(17)10-13-4-6-16(21)12-18(13)19/h4-7,10-12H,3,8-9H2,1-2H3. The van der Waals surface area contributed by atoms with Crippen LogP contribution in [-0.4, -0.2) is 32.1 Å². The summed E-state index contributed by atoms with van der Waals surface area (Å²) in [4.78, 5) is 2.17. The number of fused-ring (bicyclic) bond motifs is 2. The predicted octanol–water partition coefficient (Wildman–Crippen LogP) is 5.74. The average Bonchev–Trinajstić information content (AvgIpc) is 2.50. The van der Waals surface area contributed by atoms with Gasteiger partial charge in [-0.2, -0.15) is 0 Å². The van der Waals surface area contributed by atoms with Crippen LogP contribution >= 0.6 is 27.5 Å². The zero-order chi connectivity index (χ0) is 16.4. The second kappa shape index (κ2) is 7.08. The van der Waals surface area contributed by atoms with Crippen LogP contribution in [0.2, 0.25) is 5.02 Å². The summed E-state index contributed by atoms with van der Waals surface area (Å²) in [6.07, 6.45) is 0.988. The lowest BCUT2D eigenvalue weighted by Gasteiger charge is -2.15. The molecule has 3 rings (SSSR count). The van der Waals surface area contributed by atoms with Crippen molar-refractivity contribution in [3.63, 3.8) is 0 Å². The Kier molecular flexibility index (Phi) is 5.10. The SMILES string of the molecule is CN(C)CCCOc1c2ccc(Br)cc2cc2ccc(Cl)cc12. The van der Waals surface area contributed by atoms with Gasteiger partial charge < -0.3 is 9.64 Å². The summed E-state index contributed by atoms with van der Waals surface area (Å²) in [7, 11) is 4.15. The van der Waals surface area contributed by atoms with Gasteiger partial charge in [-0.25, -0.2) is 0 Å². The Morgan fingerprint density at radius 2 is 1.83 bits per heavy atom. The molecule has 3 aromatic rings. The van der Waals surface area contributed by atoms with Gasteiger partial charge in [0.15, 0.2) is 0 Å². The maximum absolute atomic E-state index is 6.20. The number of ether oxygens (including phenoxy) is 1. The number of halogens is 2. The Labute approximate surface area is 150 Å². The predicted molar refractivity (Wildman–Crippen MR) is 103 cm³/mol. The van der Waals surface area contributed by atoms with Gasteiger partial charge in [-0.1, -0.05) is 33.6 Å². The minimum atomic E-state index is 0.689. The summed E-state index contributed by atoms with van der Waals surface area (Å²) in [5, 5.41) is 5.22. The monoisotopic (exact) mass is 391 g/mol. The van der Waals surface area contributed by atoms with Gasteiger partial charge in [-0.05, 0) is 67.7 Å². The minimum Gasteiger partial charge on any atom is -0.492 e. The molecule has 0 atom stereocenters. The molecule has 4 heteroatoms. The van der Waals surface area contributed by atoms with Crippen molar-refractivity contribution >= 4 is 49.1 Å². The summed E-state index contributed by atoms with van der Waals surface area (Å²) in [5.74, 6) is 0.922. The Hall–Kier alpha value is -1.29. The highest BCUT2D eigenvalue weighted by Gasteiger charge is 2.10. The van der Waals surface area contributed by atoms with Crippen molar-refractivity contribution in [3.8, 4) is 5.75 Å². The second-order valence-corrected chi connectivity index (χ2v) is 7.29. The highest BCUT2D eigenvalue weighted by Crippen LogP contribution is 2.37. The molecule has 0 N–H and O–H groups in total. The smallest absolute Gasteiger partial charge is 0.134 e. The molecule has 0 radical (unpaired) electrons. The van der Waals surface area contributed by atoms with Gasteiger partial charge >= 0.3 is 0 Å². The Bertz CT molecular complexity index is 848. The van der Waals surface area contributed by atoms with Crippen molar-refractivity contribution in [3.05, 3.63) is 52.0 Å². The van der Waals surface area contributed by atoms with E-state index in [1.165, 1.54) is 0 Å². The summed E-state index contributed by atoms with van der Waals surface area (Å²) < 4.78 is 7.24. The Morgan fingerprint density at radius 3 is 2.61 bits per heavy atom. The van der Waals surface area contributed by atoms with Crippen molar-refractivity contribution in [2.45, 2.75) is 6.42 Å². The first-order chi connectivity index (χ1) is 11.0. The zero-order valence-electron chi connectivity index (χ0n) is 13.3. The van der Waals surface area contributed by atoms with Crippen LogP contribution in [-0.2, 0) is 0 Å². The lowest BCUT2D eigenvalue weighted by Crippen LogP contribution is -2.15. The maximum atomic E-state index is 6.20. The average molecular weight is 393 g/mol. The topological polar surface area (TPSA) is 12.5 Å². The largest absolute Gasteiger partial charge is 0.492 e. The zero-order valence-corrected chi connectivity index (χ0v) is 15.6. The minimum absolute atomic E-state index is 0.689. The normalized spacial score (nSPS) is 11.5. The molecule has 120 valence electrons. The molecular weight excluding hydrogens is 374 g/mol. The van der Waals surface area contributed by atoms with Gasteiger partial charge in [0.2, 0.25) is 0 Å². The third-order valence-corrected chi connectivity index (χ3v) is 4.55.